The molecule has 0 N–H and O–H groups in total. The molecule has 5 rings (SSSR count). The third-order valence-corrected chi connectivity index (χ3v) is 5.28. The number of nitro groups is 1. The van der Waals surface area contributed by atoms with Crippen LogP contribution in [0.3, 0.4) is 0 Å². The van der Waals surface area contributed by atoms with E-state index in [1.54, 1.807) is 36.4 Å². The number of nitrogens with zero attached hydrogens (tertiary/aromatic N) is 4. The van der Waals surface area contributed by atoms with Crippen LogP contribution in [0.25, 0.3) is 33.5 Å². The van der Waals surface area contributed by atoms with Crippen LogP contribution in [0.5, 0.6) is 5.75 Å². The topological polar surface area (TPSA) is 113 Å². The molecule has 3 aromatic carbocycles. The molecule has 0 amide bonds. The maximum Gasteiger partial charge on any atom is 0.311 e. The van der Waals surface area contributed by atoms with Gasteiger partial charge in [0.05, 0.1) is 22.0 Å². The average molecular weight is 466 g/mol. The number of aromatic nitrogens is 2. The first-order chi connectivity index (χ1) is 17.1. The van der Waals surface area contributed by atoms with Gasteiger partial charge < -0.3 is 9.15 Å². The quantitative estimate of drug-likeness (QED) is 0.142. The van der Waals surface area contributed by atoms with Crippen LogP contribution < -0.4 is 10.3 Å². The van der Waals surface area contributed by atoms with E-state index < -0.39 is 10.5 Å². The summed E-state index contributed by atoms with van der Waals surface area (Å²) in [7, 11) is 0. The Morgan fingerprint density at radius 3 is 2.71 bits per heavy atom. The van der Waals surface area contributed by atoms with E-state index >= 15 is 0 Å². The van der Waals surface area contributed by atoms with Gasteiger partial charge in [-0.15, -0.1) is 0 Å². The summed E-state index contributed by atoms with van der Waals surface area (Å²) in [6.45, 7) is 3.65. The van der Waals surface area contributed by atoms with Gasteiger partial charge in [-0.2, -0.15) is 9.78 Å². The number of furan rings is 1. The van der Waals surface area contributed by atoms with Crippen molar-refractivity contribution < 1.29 is 14.1 Å². The molecule has 2 aromatic heterocycles. The van der Waals surface area contributed by atoms with Gasteiger partial charge in [0, 0.05) is 17.0 Å². The highest BCUT2D eigenvalue weighted by Crippen LogP contribution is 2.31. The fourth-order valence-electron chi connectivity index (χ4n) is 3.69. The molecule has 0 saturated heterocycles. The van der Waals surface area contributed by atoms with Crippen LogP contribution >= 0.6 is 0 Å². The first-order valence-corrected chi connectivity index (χ1v) is 10.6. The maximum absolute atomic E-state index is 13.4. The molecule has 35 heavy (non-hydrogen) atoms. The van der Waals surface area contributed by atoms with Crippen molar-refractivity contribution in [1.29, 1.82) is 0 Å². The number of ether oxygens (including phenoxy) is 1. The van der Waals surface area contributed by atoms with Gasteiger partial charge in [-0.25, -0.2) is 4.98 Å². The summed E-state index contributed by atoms with van der Waals surface area (Å²) in [5.41, 5.74) is 0.805. The Labute approximate surface area is 198 Å². The summed E-state index contributed by atoms with van der Waals surface area (Å²) < 4.78 is 12.6. The van der Waals surface area contributed by atoms with E-state index in [9.17, 15) is 14.9 Å². The standard InChI is InChI=1S/C26H18N4O5/c1-2-14-34-24-18(9-7-12-21(24)30(32)33)16-27-29-25(23-15-17-8-3-6-13-22(17)35-23)28-20-11-5-4-10-19(20)26(29)31/h2-13,15-16H,1,14H2. The molecule has 0 atom stereocenters. The smallest absolute Gasteiger partial charge is 0.311 e. The summed E-state index contributed by atoms with van der Waals surface area (Å²) in [6.07, 6.45) is 2.81. The number of fused-ring (bicyclic) bond motifs is 2. The number of nitro benzene ring substituents is 1. The van der Waals surface area contributed by atoms with Gasteiger partial charge in [0.15, 0.2) is 5.76 Å². The number of hydrogen-bond acceptors (Lipinski definition) is 7. The highest BCUT2D eigenvalue weighted by molar-refractivity contribution is 5.87. The average Bonchev–Trinajstić information content (AvgIpc) is 3.31. The fourth-order valence-corrected chi connectivity index (χ4v) is 3.69. The predicted molar refractivity (Wildman–Crippen MR) is 133 cm³/mol. The molecule has 9 nitrogen and oxygen atoms in total. The van der Waals surface area contributed by atoms with Crippen molar-refractivity contribution in [2.24, 2.45) is 5.10 Å². The lowest BCUT2D eigenvalue weighted by atomic mass is 10.2. The Bertz CT molecular complexity index is 1650. The molecule has 0 spiro atoms. The van der Waals surface area contributed by atoms with Crippen molar-refractivity contribution in [3.05, 3.63) is 111 Å². The van der Waals surface area contributed by atoms with Gasteiger partial charge in [-0.3, -0.25) is 14.9 Å². The minimum atomic E-state index is -0.542. The first-order valence-electron chi connectivity index (χ1n) is 10.6. The minimum Gasteiger partial charge on any atom is -0.482 e. The molecular formula is C26H18N4O5. The highest BCUT2D eigenvalue weighted by Gasteiger charge is 2.19. The van der Waals surface area contributed by atoms with Gasteiger partial charge in [-0.1, -0.05) is 49.1 Å². The summed E-state index contributed by atoms with van der Waals surface area (Å²) in [5, 5.41) is 17.1. The van der Waals surface area contributed by atoms with E-state index in [4.69, 9.17) is 9.15 Å². The van der Waals surface area contributed by atoms with Gasteiger partial charge >= 0.3 is 5.69 Å². The van der Waals surface area contributed by atoms with Crippen molar-refractivity contribution in [2.75, 3.05) is 6.61 Å². The van der Waals surface area contributed by atoms with E-state index in [1.807, 2.05) is 24.3 Å². The lowest BCUT2D eigenvalue weighted by Gasteiger charge is -2.09. The van der Waals surface area contributed by atoms with E-state index in [0.29, 0.717) is 27.8 Å². The Morgan fingerprint density at radius 2 is 1.91 bits per heavy atom. The molecule has 0 saturated carbocycles. The van der Waals surface area contributed by atoms with Crippen molar-refractivity contribution in [3.63, 3.8) is 0 Å². The number of hydrogen-bond donors (Lipinski definition) is 0. The van der Waals surface area contributed by atoms with Crippen molar-refractivity contribution in [1.82, 2.24) is 9.66 Å². The van der Waals surface area contributed by atoms with Crippen LogP contribution in [0.2, 0.25) is 0 Å². The Kier molecular flexibility index (Phi) is 5.64. The molecular weight excluding hydrogens is 448 g/mol. The lowest BCUT2D eigenvalue weighted by Crippen LogP contribution is -2.20. The van der Waals surface area contributed by atoms with Gasteiger partial charge in [0.25, 0.3) is 5.56 Å². The number of para-hydroxylation sites is 3. The van der Waals surface area contributed by atoms with Crippen molar-refractivity contribution >= 4 is 33.8 Å². The van der Waals surface area contributed by atoms with Crippen LogP contribution in [-0.2, 0) is 0 Å². The van der Waals surface area contributed by atoms with Crippen LogP contribution in [0.4, 0.5) is 5.69 Å². The van der Waals surface area contributed by atoms with Crippen LogP contribution in [0.1, 0.15) is 5.56 Å². The second kappa shape index (κ2) is 9.06. The molecule has 0 radical (unpaired) electrons. The molecule has 9 heteroatoms. The van der Waals surface area contributed by atoms with Gasteiger partial charge in [0.1, 0.15) is 12.2 Å². The summed E-state index contributed by atoms with van der Waals surface area (Å²) >= 11 is 0. The second-order valence-electron chi connectivity index (χ2n) is 7.51. The highest BCUT2D eigenvalue weighted by atomic mass is 16.6. The van der Waals surface area contributed by atoms with Crippen molar-refractivity contribution in [3.8, 4) is 17.3 Å². The summed E-state index contributed by atoms with van der Waals surface area (Å²) in [5.74, 6) is 0.571. The van der Waals surface area contributed by atoms with Crippen LogP contribution in [-0.4, -0.2) is 27.4 Å². The van der Waals surface area contributed by atoms with Crippen LogP contribution in [0, 0.1) is 10.1 Å². The molecule has 0 unspecified atom stereocenters. The van der Waals surface area contributed by atoms with E-state index in [-0.39, 0.29) is 23.9 Å². The zero-order chi connectivity index (χ0) is 24.4. The normalized spacial score (nSPS) is 11.3. The molecule has 0 aliphatic rings. The lowest BCUT2D eigenvalue weighted by molar-refractivity contribution is -0.385. The Morgan fingerprint density at radius 1 is 1.11 bits per heavy atom. The maximum atomic E-state index is 13.4. The predicted octanol–water partition coefficient (Wildman–Crippen LogP) is 5.16. The third-order valence-electron chi connectivity index (χ3n) is 5.28. The molecule has 5 aromatic rings. The monoisotopic (exact) mass is 466 g/mol. The number of benzene rings is 3. The molecule has 0 aliphatic carbocycles. The summed E-state index contributed by atoms with van der Waals surface area (Å²) in [4.78, 5) is 29.0. The zero-order valence-corrected chi connectivity index (χ0v) is 18.3. The van der Waals surface area contributed by atoms with E-state index in [1.165, 1.54) is 24.4 Å². The minimum absolute atomic E-state index is 0.0215. The molecule has 2 heterocycles. The largest absolute Gasteiger partial charge is 0.482 e. The molecule has 0 aliphatic heterocycles. The van der Waals surface area contributed by atoms with Gasteiger partial charge in [0.2, 0.25) is 11.6 Å². The summed E-state index contributed by atoms with van der Waals surface area (Å²) in [6, 6.07) is 20.6. The van der Waals surface area contributed by atoms with Gasteiger partial charge in [-0.05, 0) is 30.3 Å². The van der Waals surface area contributed by atoms with Crippen LogP contribution in [0.15, 0.2) is 99.8 Å². The molecule has 172 valence electrons. The molecule has 0 bridgehead atoms. The Balaban J connectivity index is 1.71. The SMILES string of the molecule is C=CCOc1c(C=Nn2c(-c3cc4ccccc4o3)nc3ccccc3c2=O)cccc1[N+](=O)[O-]. The fraction of sp³-hybridized carbons (Fsp3) is 0.0385. The van der Waals surface area contributed by atoms with Crippen molar-refractivity contribution in [2.45, 2.75) is 0 Å². The number of rotatable bonds is 7. The third kappa shape index (κ3) is 4.06. The first kappa shape index (κ1) is 21.8. The van der Waals surface area contributed by atoms with E-state index in [2.05, 4.69) is 16.7 Å². The zero-order valence-electron chi connectivity index (χ0n) is 18.3. The second-order valence-corrected chi connectivity index (χ2v) is 7.51. The molecule has 0 fully saturated rings. The Hall–Kier alpha value is -5.05. The van der Waals surface area contributed by atoms with E-state index in [0.717, 1.165) is 10.1 Å².